The van der Waals surface area contributed by atoms with E-state index in [1.165, 1.54) is 4.90 Å². The molecular weight excluding hydrogens is 471 g/mol. The molecule has 1 atom stereocenters. The molecule has 0 aromatic heterocycles. The molecule has 0 radical (unpaired) electrons. The monoisotopic (exact) mass is 498 g/mol. The third-order valence-corrected chi connectivity index (χ3v) is 7.05. The van der Waals surface area contributed by atoms with Gasteiger partial charge in [-0.25, -0.2) is 0 Å². The average Bonchev–Trinajstić information content (AvgIpc) is 3.35. The highest BCUT2D eigenvalue weighted by atomic mass is 35.5. The number of halogens is 2. The molecule has 1 N–H and O–H groups in total. The Morgan fingerprint density at radius 2 is 1.76 bits per heavy atom. The number of hydrogen-bond acceptors (Lipinski definition) is 3. The molecule has 0 spiro atoms. The van der Waals surface area contributed by atoms with Crippen molar-refractivity contribution in [2.75, 3.05) is 6.61 Å². The normalized spacial score (nSPS) is 14.7. The highest BCUT2D eigenvalue weighted by Crippen LogP contribution is 2.26. The first kappa shape index (κ1) is 24.4. The van der Waals surface area contributed by atoms with Crippen LogP contribution in [0.2, 0.25) is 10.0 Å². The van der Waals surface area contributed by atoms with Gasteiger partial charge in [0.1, 0.15) is 11.8 Å². The van der Waals surface area contributed by atoms with Gasteiger partial charge < -0.3 is 15.0 Å². The molecule has 0 heterocycles. The molecule has 3 aromatic rings. The van der Waals surface area contributed by atoms with E-state index in [-0.39, 0.29) is 31.0 Å². The van der Waals surface area contributed by atoms with Crippen molar-refractivity contribution in [2.45, 2.75) is 51.2 Å². The standard InChI is InChI=1S/C27H28Cl2N2O3/c1-18(27(33)30-21-9-3-4-10-21)31(16-19-13-14-23(28)24(29)15-19)26(32)17-34-25-12-6-8-20-7-2-5-11-22(20)25/h2,5-8,11-15,18,21H,3-4,9-10,16-17H2,1H3,(H,30,33)/t18-/m0/s1. The van der Waals surface area contributed by atoms with Crippen LogP contribution in [0.15, 0.2) is 60.7 Å². The van der Waals surface area contributed by atoms with Gasteiger partial charge in [-0.3, -0.25) is 9.59 Å². The Morgan fingerprint density at radius 3 is 2.53 bits per heavy atom. The van der Waals surface area contributed by atoms with Crippen LogP contribution >= 0.6 is 23.2 Å². The van der Waals surface area contributed by atoms with E-state index in [4.69, 9.17) is 27.9 Å². The SMILES string of the molecule is C[C@@H](C(=O)NC1CCCC1)N(Cc1ccc(Cl)c(Cl)c1)C(=O)COc1cccc2ccccc12. The molecule has 0 bridgehead atoms. The molecule has 0 saturated heterocycles. The van der Waals surface area contributed by atoms with Gasteiger partial charge in [0.25, 0.3) is 5.91 Å². The van der Waals surface area contributed by atoms with E-state index in [9.17, 15) is 9.59 Å². The van der Waals surface area contributed by atoms with Crippen LogP contribution in [-0.4, -0.2) is 35.4 Å². The number of fused-ring (bicyclic) bond motifs is 1. The third kappa shape index (κ3) is 5.83. The number of amides is 2. The predicted octanol–water partition coefficient (Wildman–Crippen LogP) is 6.00. The highest BCUT2D eigenvalue weighted by molar-refractivity contribution is 6.42. The Balaban J connectivity index is 1.52. The summed E-state index contributed by atoms with van der Waals surface area (Å²) in [5.74, 6) is 0.183. The van der Waals surface area contributed by atoms with Crippen LogP contribution in [0.4, 0.5) is 0 Å². The van der Waals surface area contributed by atoms with Crippen LogP contribution in [0.25, 0.3) is 10.8 Å². The van der Waals surface area contributed by atoms with Crippen molar-refractivity contribution in [3.63, 3.8) is 0 Å². The molecule has 4 rings (SSSR count). The fourth-order valence-electron chi connectivity index (χ4n) is 4.35. The molecule has 0 aliphatic heterocycles. The average molecular weight is 499 g/mol. The van der Waals surface area contributed by atoms with E-state index in [0.29, 0.717) is 15.8 Å². The minimum absolute atomic E-state index is 0.162. The minimum atomic E-state index is -0.668. The van der Waals surface area contributed by atoms with Gasteiger partial charge in [0.2, 0.25) is 5.91 Å². The first-order valence-corrected chi connectivity index (χ1v) is 12.3. The lowest BCUT2D eigenvalue weighted by atomic mass is 10.1. The van der Waals surface area contributed by atoms with Gasteiger partial charge in [-0.1, -0.05) is 78.5 Å². The van der Waals surface area contributed by atoms with Gasteiger partial charge in [-0.05, 0) is 48.9 Å². The summed E-state index contributed by atoms with van der Waals surface area (Å²) in [7, 11) is 0. The molecule has 5 nitrogen and oxygen atoms in total. The summed E-state index contributed by atoms with van der Waals surface area (Å²) >= 11 is 12.2. The molecule has 1 saturated carbocycles. The lowest BCUT2D eigenvalue weighted by Gasteiger charge is -2.30. The number of ether oxygens (including phenoxy) is 1. The fraction of sp³-hybridized carbons (Fsp3) is 0.333. The summed E-state index contributed by atoms with van der Waals surface area (Å²) in [6.45, 7) is 1.78. The van der Waals surface area contributed by atoms with Crippen molar-refractivity contribution in [1.82, 2.24) is 10.2 Å². The van der Waals surface area contributed by atoms with E-state index in [0.717, 1.165) is 42.0 Å². The third-order valence-electron chi connectivity index (χ3n) is 6.31. The Hall–Kier alpha value is -2.76. The van der Waals surface area contributed by atoms with Crippen molar-refractivity contribution in [3.8, 4) is 5.75 Å². The van der Waals surface area contributed by atoms with Gasteiger partial charge in [0.15, 0.2) is 6.61 Å². The topological polar surface area (TPSA) is 58.6 Å². The number of hydrogen-bond donors (Lipinski definition) is 1. The van der Waals surface area contributed by atoms with Gasteiger partial charge >= 0.3 is 0 Å². The Morgan fingerprint density at radius 1 is 1.03 bits per heavy atom. The summed E-state index contributed by atoms with van der Waals surface area (Å²) in [6.07, 6.45) is 4.18. The summed E-state index contributed by atoms with van der Waals surface area (Å²) < 4.78 is 5.94. The quantitative estimate of drug-likeness (QED) is 0.414. The number of nitrogens with one attached hydrogen (secondary N) is 1. The summed E-state index contributed by atoms with van der Waals surface area (Å²) in [5.41, 5.74) is 0.786. The first-order chi connectivity index (χ1) is 16.4. The van der Waals surface area contributed by atoms with Gasteiger partial charge in [-0.2, -0.15) is 0 Å². The van der Waals surface area contributed by atoms with E-state index in [1.54, 1.807) is 19.1 Å². The zero-order chi connectivity index (χ0) is 24.1. The maximum absolute atomic E-state index is 13.4. The number of benzene rings is 3. The largest absolute Gasteiger partial charge is 0.483 e. The van der Waals surface area contributed by atoms with Crippen molar-refractivity contribution in [3.05, 3.63) is 76.3 Å². The van der Waals surface area contributed by atoms with Crippen LogP contribution in [0, 0.1) is 0 Å². The number of rotatable bonds is 8. The van der Waals surface area contributed by atoms with E-state index in [2.05, 4.69) is 5.32 Å². The van der Waals surface area contributed by atoms with Crippen molar-refractivity contribution in [2.24, 2.45) is 0 Å². The summed E-state index contributed by atoms with van der Waals surface area (Å²) in [5, 5.41) is 5.90. The smallest absolute Gasteiger partial charge is 0.261 e. The van der Waals surface area contributed by atoms with Gasteiger partial charge in [0, 0.05) is 18.0 Å². The Labute approximate surface area is 210 Å². The number of carbonyl (C=O) groups is 2. The second-order valence-corrected chi connectivity index (χ2v) is 9.52. The first-order valence-electron chi connectivity index (χ1n) is 11.6. The van der Waals surface area contributed by atoms with Crippen LogP contribution in [-0.2, 0) is 16.1 Å². The molecule has 2 amide bonds. The molecular formula is C27H28Cl2N2O3. The maximum atomic E-state index is 13.4. The van der Waals surface area contributed by atoms with Crippen LogP contribution in [0.1, 0.15) is 38.2 Å². The summed E-state index contributed by atoms with van der Waals surface area (Å²) in [4.78, 5) is 27.9. The molecule has 1 fully saturated rings. The lowest BCUT2D eigenvalue weighted by molar-refractivity contribution is -0.142. The molecule has 0 unspecified atom stereocenters. The Kier molecular flexibility index (Phi) is 7.96. The predicted molar refractivity (Wildman–Crippen MR) is 136 cm³/mol. The number of nitrogens with zero attached hydrogens (tertiary/aromatic N) is 1. The lowest BCUT2D eigenvalue weighted by Crippen LogP contribution is -2.50. The number of carbonyl (C=O) groups excluding carboxylic acids is 2. The van der Waals surface area contributed by atoms with Crippen LogP contribution in [0.5, 0.6) is 5.75 Å². The Bertz CT molecular complexity index is 1170. The molecule has 7 heteroatoms. The van der Waals surface area contributed by atoms with Crippen LogP contribution < -0.4 is 10.1 Å². The summed E-state index contributed by atoms with van der Waals surface area (Å²) in [6, 6.07) is 18.3. The molecule has 34 heavy (non-hydrogen) atoms. The minimum Gasteiger partial charge on any atom is -0.483 e. The zero-order valence-electron chi connectivity index (χ0n) is 19.1. The fourth-order valence-corrected chi connectivity index (χ4v) is 4.67. The highest BCUT2D eigenvalue weighted by Gasteiger charge is 2.29. The molecule has 1 aliphatic carbocycles. The van der Waals surface area contributed by atoms with Crippen molar-refractivity contribution >= 4 is 45.8 Å². The molecule has 178 valence electrons. The van der Waals surface area contributed by atoms with E-state index < -0.39 is 6.04 Å². The van der Waals surface area contributed by atoms with E-state index in [1.807, 2.05) is 48.5 Å². The maximum Gasteiger partial charge on any atom is 0.261 e. The van der Waals surface area contributed by atoms with Gasteiger partial charge in [0.05, 0.1) is 10.0 Å². The van der Waals surface area contributed by atoms with Gasteiger partial charge in [-0.15, -0.1) is 0 Å². The van der Waals surface area contributed by atoms with E-state index >= 15 is 0 Å². The second kappa shape index (κ2) is 11.1. The van der Waals surface area contributed by atoms with Crippen molar-refractivity contribution in [1.29, 1.82) is 0 Å². The van der Waals surface area contributed by atoms with Crippen molar-refractivity contribution < 1.29 is 14.3 Å². The molecule has 3 aromatic carbocycles. The second-order valence-electron chi connectivity index (χ2n) is 8.70. The zero-order valence-corrected chi connectivity index (χ0v) is 20.6. The van der Waals surface area contributed by atoms with Crippen LogP contribution in [0.3, 0.4) is 0 Å². The molecule has 1 aliphatic rings.